The summed E-state index contributed by atoms with van der Waals surface area (Å²) in [7, 11) is -3.89. The molecule has 0 atom stereocenters. The maximum Gasteiger partial charge on any atom is 0.238 e. The molecule has 0 aromatic heterocycles. The van der Waals surface area contributed by atoms with Gasteiger partial charge in [0, 0.05) is 5.02 Å². The Morgan fingerprint density at radius 1 is 0.929 bits per heavy atom. The van der Waals surface area contributed by atoms with E-state index >= 15 is 0 Å². The van der Waals surface area contributed by atoms with E-state index < -0.39 is 10.0 Å². The molecule has 1 aliphatic carbocycles. The molecule has 0 fully saturated rings. The third kappa shape index (κ3) is 3.51. The van der Waals surface area contributed by atoms with E-state index in [0.29, 0.717) is 16.1 Å². The molecule has 28 heavy (non-hydrogen) atoms. The van der Waals surface area contributed by atoms with E-state index in [9.17, 15) is 8.42 Å². The molecule has 5 heteroatoms. The van der Waals surface area contributed by atoms with Crippen molar-refractivity contribution in [3.05, 3.63) is 99.1 Å². The summed E-state index contributed by atoms with van der Waals surface area (Å²) in [5.41, 5.74) is 6.83. The van der Waals surface area contributed by atoms with Crippen molar-refractivity contribution in [1.29, 1.82) is 0 Å². The van der Waals surface area contributed by atoms with Gasteiger partial charge in [-0.05, 0) is 76.9 Å². The SMILES string of the molecule is Cc1cc(S(N)(=O)=O)c(C=C2c3ccccc3CCc3ccccc32)cc1Cl. The minimum Gasteiger partial charge on any atom is -0.225 e. The second-order valence-electron chi connectivity index (χ2n) is 7.06. The summed E-state index contributed by atoms with van der Waals surface area (Å²) in [5.74, 6) is 0. The molecule has 0 radical (unpaired) electrons. The number of hydrogen-bond acceptors (Lipinski definition) is 2. The summed E-state index contributed by atoms with van der Waals surface area (Å²) >= 11 is 6.32. The number of rotatable bonds is 2. The fraction of sp³-hybridized carbons (Fsp3) is 0.130. The number of primary sulfonamides is 1. The minimum absolute atomic E-state index is 0.0844. The van der Waals surface area contributed by atoms with E-state index in [4.69, 9.17) is 16.7 Å². The van der Waals surface area contributed by atoms with E-state index in [1.807, 2.05) is 30.3 Å². The number of halogens is 1. The molecule has 0 saturated heterocycles. The van der Waals surface area contributed by atoms with Crippen molar-refractivity contribution in [1.82, 2.24) is 0 Å². The Kier molecular flexibility index (Phi) is 4.88. The van der Waals surface area contributed by atoms with Gasteiger partial charge in [-0.25, -0.2) is 13.6 Å². The van der Waals surface area contributed by atoms with Crippen LogP contribution in [0.2, 0.25) is 5.02 Å². The topological polar surface area (TPSA) is 60.2 Å². The zero-order valence-corrected chi connectivity index (χ0v) is 17.0. The Hall–Kier alpha value is -2.40. The number of sulfonamides is 1. The first kappa shape index (κ1) is 18.9. The van der Waals surface area contributed by atoms with E-state index in [0.717, 1.165) is 29.5 Å². The number of hydrogen-bond donors (Lipinski definition) is 1. The second kappa shape index (κ2) is 7.21. The van der Waals surface area contributed by atoms with Gasteiger partial charge in [-0.15, -0.1) is 0 Å². The average Bonchev–Trinajstić information content (AvgIpc) is 2.81. The molecular weight excluding hydrogens is 390 g/mol. The van der Waals surface area contributed by atoms with Crippen molar-refractivity contribution in [2.75, 3.05) is 0 Å². The van der Waals surface area contributed by atoms with Crippen LogP contribution in [0.3, 0.4) is 0 Å². The van der Waals surface area contributed by atoms with Gasteiger partial charge in [0.25, 0.3) is 0 Å². The van der Waals surface area contributed by atoms with Crippen LogP contribution in [-0.4, -0.2) is 8.42 Å². The highest BCUT2D eigenvalue weighted by molar-refractivity contribution is 7.89. The Bertz CT molecular complexity index is 1160. The highest BCUT2D eigenvalue weighted by Gasteiger charge is 2.20. The lowest BCUT2D eigenvalue weighted by Gasteiger charge is -2.14. The minimum atomic E-state index is -3.89. The summed E-state index contributed by atoms with van der Waals surface area (Å²) in [6, 6.07) is 19.7. The Morgan fingerprint density at radius 2 is 1.46 bits per heavy atom. The zero-order chi connectivity index (χ0) is 19.9. The van der Waals surface area contributed by atoms with Gasteiger partial charge in [-0.3, -0.25) is 0 Å². The van der Waals surface area contributed by atoms with Crippen molar-refractivity contribution in [3.63, 3.8) is 0 Å². The van der Waals surface area contributed by atoms with Gasteiger partial charge in [0.1, 0.15) is 0 Å². The van der Waals surface area contributed by atoms with E-state index in [1.54, 1.807) is 19.1 Å². The average molecular weight is 410 g/mol. The van der Waals surface area contributed by atoms with Crippen LogP contribution in [0.4, 0.5) is 0 Å². The van der Waals surface area contributed by atoms with Gasteiger partial charge in [0.15, 0.2) is 0 Å². The molecule has 2 N–H and O–H groups in total. The standard InChI is InChI=1S/C23H20ClNO2S/c1-15-12-23(28(25,26)27)18(14-22(15)24)13-21-19-8-4-2-6-16(19)10-11-17-7-3-5-9-20(17)21/h2-9,12-14H,10-11H2,1H3,(H2,25,26,27). The van der Waals surface area contributed by atoms with E-state index in [1.165, 1.54) is 11.1 Å². The molecule has 142 valence electrons. The molecule has 0 amide bonds. The molecule has 0 bridgehead atoms. The zero-order valence-electron chi connectivity index (χ0n) is 15.4. The van der Waals surface area contributed by atoms with Crippen molar-refractivity contribution in [2.24, 2.45) is 5.14 Å². The summed E-state index contributed by atoms with van der Waals surface area (Å²) in [5, 5.41) is 6.01. The largest absolute Gasteiger partial charge is 0.238 e. The molecular formula is C23H20ClNO2S. The smallest absolute Gasteiger partial charge is 0.225 e. The van der Waals surface area contributed by atoms with E-state index in [2.05, 4.69) is 24.3 Å². The van der Waals surface area contributed by atoms with Crippen LogP contribution in [0.1, 0.15) is 33.4 Å². The lowest BCUT2D eigenvalue weighted by atomic mass is 9.92. The molecule has 0 saturated carbocycles. The first-order valence-electron chi connectivity index (χ1n) is 9.06. The van der Waals surface area contributed by atoms with Crippen LogP contribution in [0.5, 0.6) is 0 Å². The highest BCUT2D eigenvalue weighted by Crippen LogP contribution is 2.36. The fourth-order valence-corrected chi connectivity index (χ4v) is 4.72. The summed E-state index contributed by atoms with van der Waals surface area (Å²) in [4.78, 5) is 0.0844. The molecule has 0 aliphatic heterocycles. The van der Waals surface area contributed by atoms with Gasteiger partial charge >= 0.3 is 0 Å². The monoisotopic (exact) mass is 409 g/mol. The van der Waals surface area contributed by atoms with Crippen LogP contribution < -0.4 is 5.14 Å². The first-order chi connectivity index (χ1) is 13.3. The van der Waals surface area contributed by atoms with Crippen LogP contribution in [0, 0.1) is 6.92 Å². The van der Waals surface area contributed by atoms with Crippen molar-refractivity contribution in [3.8, 4) is 0 Å². The molecule has 0 spiro atoms. The van der Waals surface area contributed by atoms with Crippen LogP contribution in [0.25, 0.3) is 11.6 Å². The van der Waals surface area contributed by atoms with Crippen molar-refractivity contribution < 1.29 is 8.42 Å². The van der Waals surface area contributed by atoms with Gasteiger partial charge in [-0.1, -0.05) is 60.1 Å². The predicted octanol–water partition coefficient (Wildman–Crippen LogP) is 4.98. The normalized spacial score (nSPS) is 13.5. The molecule has 0 heterocycles. The molecule has 1 aliphatic rings. The third-order valence-corrected chi connectivity index (χ3v) is 6.55. The Labute approximate surface area is 170 Å². The van der Waals surface area contributed by atoms with Gasteiger partial charge < -0.3 is 0 Å². The van der Waals surface area contributed by atoms with Crippen LogP contribution >= 0.6 is 11.6 Å². The molecule has 3 aromatic carbocycles. The van der Waals surface area contributed by atoms with Gasteiger partial charge in [-0.2, -0.15) is 0 Å². The molecule has 4 rings (SSSR count). The molecule has 3 aromatic rings. The fourth-order valence-electron chi connectivity index (χ4n) is 3.76. The highest BCUT2D eigenvalue weighted by atomic mass is 35.5. The number of fused-ring (bicyclic) bond motifs is 2. The number of nitrogens with two attached hydrogens (primary N) is 1. The summed E-state index contributed by atoms with van der Waals surface area (Å²) in [6.45, 7) is 1.77. The molecule has 3 nitrogen and oxygen atoms in total. The Balaban J connectivity index is 2.05. The predicted molar refractivity (Wildman–Crippen MR) is 115 cm³/mol. The maximum absolute atomic E-state index is 12.2. The third-order valence-electron chi connectivity index (χ3n) is 5.18. The van der Waals surface area contributed by atoms with E-state index in [-0.39, 0.29) is 4.90 Å². The van der Waals surface area contributed by atoms with Crippen molar-refractivity contribution in [2.45, 2.75) is 24.7 Å². The first-order valence-corrected chi connectivity index (χ1v) is 11.0. The number of aryl methyl sites for hydroxylation is 3. The lowest BCUT2D eigenvalue weighted by molar-refractivity contribution is 0.597. The number of benzene rings is 3. The van der Waals surface area contributed by atoms with Crippen LogP contribution in [-0.2, 0) is 22.9 Å². The van der Waals surface area contributed by atoms with Crippen molar-refractivity contribution >= 4 is 33.3 Å². The lowest BCUT2D eigenvalue weighted by Crippen LogP contribution is -2.14. The van der Waals surface area contributed by atoms with Crippen LogP contribution in [0.15, 0.2) is 65.6 Å². The quantitative estimate of drug-likeness (QED) is 0.648. The maximum atomic E-state index is 12.2. The Morgan fingerprint density at radius 3 is 2.00 bits per heavy atom. The molecule has 0 unspecified atom stereocenters. The summed E-state index contributed by atoms with van der Waals surface area (Å²) < 4.78 is 24.4. The van der Waals surface area contributed by atoms with Gasteiger partial charge in [0.2, 0.25) is 10.0 Å². The second-order valence-corrected chi connectivity index (χ2v) is 8.99. The van der Waals surface area contributed by atoms with Gasteiger partial charge in [0.05, 0.1) is 4.90 Å². The summed E-state index contributed by atoms with van der Waals surface area (Å²) in [6.07, 6.45) is 3.76.